The molecular weight excluding hydrogens is 332 g/mol. The third-order valence-electron chi connectivity index (χ3n) is 3.43. The van der Waals surface area contributed by atoms with E-state index in [4.69, 9.17) is 4.52 Å². The largest absolute Gasteiger partial charge is 0.355 e. The maximum absolute atomic E-state index is 12.4. The zero-order valence-corrected chi connectivity index (χ0v) is 14.4. The Labute approximate surface area is 139 Å². The highest BCUT2D eigenvalue weighted by atomic mass is 32.2. The van der Waals surface area contributed by atoms with E-state index in [1.807, 2.05) is 38.1 Å². The van der Waals surface area contributed by atoms with Crippen molar-refractivity contribution in [3.05, 3.63) is 59.3 Å². The van der Waals surface area contributed by atoms with E-state index in [0.29, 0.717) is 5.76 Å². The smallest absolute Gasteiger partial charge is 0.250 e. The fourth-order valence-electron chi connectivity index (χ4n) is 2.13. The van der Waals surface area contributed by atoms with E-state index >= 15 is 0 Å². The standard InChI is InChI=1S/C16H16N2O3S2/c1-11-5-3-4-6-13(11)10-17-23(19,20)16-8-7-15(22-16)14-9-12(2)18-21-14/h3-9,17H,10H2,1-2H3. The van der Waals surface area contributed by atoms with E-state index < -0.39 is 10.0 Å². The topological polar surface area (TPSA) is 72.2 Å². The molecule has 0 radical (unpaired) electrons. The molecule has 0 spiro atoms. The Morgan fingerprint density at radius 2 is 1.96 bits per heavy atom. The van der Waals surface area contributed by atoms with Gasteiger partial charge in [0.15, 0.2) is 5.76 Å². The molecule has 1 aromatic carbocycles. The molecule has 0 aliphatic carbocycles. The summed E-state index contributed by atoms with van der Waals surface area (Å²) in [5.41, 5.74) is 2.77. The van der Waals surface area contributed by atoms with E-state index in [0.717, 1.165) is 33.0 Å². The summed E-state index contributed by atoms with van der Waals surface area (Å²) in [4.78, 5) is 0.738. The number of aryl methyl sites for hydroxylation is 2. The van der Waals surface area contributed by atoms with Gasteiger partial charge in [0.05, 0.1) is 10.6 Å². The molecule has 7 heteroatoms. The predicted octanol–water partition coefficient (Wildman–Crippen LogP) is 3.50. The average Bonchev–Trinajstić information content (AvgIpc) is 3.15. The Morgan fingerprint density at radius 3 is 2.65 bits per heavy atom. The van der Waals surface area contributed by atoms with Crippen molar-refractivity contribution in [3.8, 4) is 10.6 Å². The van der Waals surface area contributed by atoms with Gasteiger partial charge < -0.3 is 4.52 Å². The second kappa shape index (κ2) is 6.27. The normalized spacial score (nSPS) is 11.7. The molecule has 23 heavy (non-hydrogen) atoms. The summed E-state index contributed by atoms with van der Waals surface area (Å²) in [5.74, 6) is 0.577. The summed E-state index contributed by atoms with van der Waals surface area (Å²) < 4.78 is 32.9. The second-order valence-electron chi connectivity index (χ2n) is 5.20. The Kier molecular flexibility index (Phi) is 4.34. The number of sulfonamides is 1. The minimum Gasteiger partial charge on any atom is -0.355 e. The Bertz CT molecular complexity index is 926. The molecule has 3 aromatic rings. The van der Waals surface area contributed by atoms with E-state index in [-0.39, 0.29) is 10.8 Å². The second-order valence-corrected chi connectivity index (χ2v) is 8.28. The van der Waals surface area contributed by atoms with Crippen LogP contribution in [0.4, 0.5) is 0 Å². The van der Waals surface area contributed by atoms with Gasteiger partial charge in [-0.1, -0.05) is 29.4 Å². The number of benzene rings is 1. The van der Waals surface area contributed by atoms with Gasteiger partial charge in [-0.3, -0.25) is 0 Å². The van der Waals surface area contributed by atoms with Crippen LogP contribution in [0, 0.1) is 13.8 Å². The van der Waals surface area contributed by atoms with E-state index in [1.165, 1.54) is 0 Å². The molecule has 0 aliphatic rings. The molecule has 0 amide bonds. The quantitative estimate of drug-likeness (QED) is 0.766. The fraction of sp³-hybridized carbons (Fsp3) is 0.188. The van der Waals surface area contributed by atoms with Crippen LogP contribution < -0.4 is 4.72 Å². The Morgan fingerprint density at radius 1 is 1.17 bits per heavy atom. The Balaban J connectivity index is 1.78. The van der Waals surface area contributed by atoms with E-state index in [9.17, 15) is 8.42 Å². The number of rotatable bonds is 5. The number of nitrogens with one attached hydrogen (secondary N) is 1. The van der Waals surface area contributed by atoms with Gasteiger partial charge in [-0.2, -0.15) is 0 Å². The molecule has 5 nitrogen and oxygen atoms in total. The lowest BCUT2D eigenvalue weighted by atomic mass is 10.1. The fourth-order valence-corrected chi connectivity index (χ4v) is 4.43. The summed E-state index contributed by atoms with van der Waals surface area (Å²) in [6.45, 7) is 4.05. The molecule has 120 valence electrons. The van der Waals surface area contributed by atoms with Gasteiger partial charge in [0.1, 0.15) is 4.21 Å². The van der Waals surface area contributed by atoms with Gasteiger partial charge in [-0.05, 0) is 37.1 Å². The summed E-state index contributed by atoms with van der Waals surface area (Å²) in [7, 11) is -3.55. The zero-order chi connectivity index (χ0) is 16.4. The molecule has 1 N–H and O–H groups in total. The molecule has 3 rings (SSSR count). The van der Waals surface area contributed by atoms with Gasteiger partial charge >= 0.3 is 0 Å². The average molecular weight is 348 g/mol. The molecule has 0 saturated carbocycles. The van der Waals surface area contributed by atoms with Gasteiger partial charge in [0.25, 0.3) is 0 Å². The minimum absolute atomic E-state index is 0.259. The monoisotopic (exact) mass is 348 g/mol. The van der Waals surface area contributed by atoms with Gasteiger partial charge in [-0.15, -0.1) is 11.3 Å². The maximum Gasteiger partial charge on any atom is 0.250 e. The summed E-state index contributed by atoms with van der Waals surface area (Å²) >= 11 is 1.16. The first kappa shape index (κ1) is 15.9. The van der Waals surface area contributed by atoms with Crippen LogP contribution in [0.5, 0.6) is 0 Å². The molecular formula is C16H16N2O3S2. The van der Waals surface area contributed by atoms with Crippen LogP contribution in [0.15, 0.2) is 51.2 Å². The van der Waals surface area contributed by atoms with Gasteiger partial charge in [0.2, 0.25) is 10.0 Å². The Hall–Kier alpha value is -1.96. The zero-order valence-electron chi connectivity index (χ0n) is 12.7. The van der Waals surface area contributed by atoms with Crippen molar-refractivity contribution < 1.29 is 12.9 Å². The molecule has 2 heterocycles. The van der Waals surface area contributed by atoms with Crippen molar-refractivity contribution in [2.45, 2.75) is 24.6 Å². The van der Waals surface area contributed by atoms with Crippen molar-refractivity contribution >= 4 is 21.4 Å². The molecule has 0 unspecified atom stereocenters. The third kappa shape index (κ3) is 3.52. The SMILES string of the molecule is Cc1cc(-c2ccc(S(=O)(=O)NCc3ccccc3C)s2)on1. The number of nitrogens with zero attached hydrogens (tertiary/aromatic N) is 1. The first-order valence-corrected chi connectivity index (χ1v) is 9.33. The van der Waals surface area contributed by atoms with Crippen molar-refractivity contribution in [2.24, 2.45) is 0 Å². The van der Waals surface area contributed by atoms with Crippen molar-refractivity contribution in [1.82, 2.24) is 9.88 Å². The van der Waals surface area contributed by atoms with Gasteiger partial charge in [-0.25, -0.2) is 13.1 Å². The van der Waals surface area contributed by atoms with Crippen molar-refractivity contribution in [2.75, 3.05) is 0 Å². The molecule has 0 saturated heterocycles. The van der Waals surface area contributed by atoms with E-state index in [2.05, 4.69) is 9.88 Å². The third-order valence-corrected chi connectivity index (χ3v) is 6.42. The number of thiophene rings is 1. The highest BCUT2D eigenvalue weighted by Gasteiger charge is 2.18. The maximum atomic E-state index is 12.4. The number of hydrogen-bond donors (Lipinski definition) is 1. The van der Waals surface area contributed by atoms with Crippen LogP contribution in [0.3, 0.4) is 0 Å². The lowest BCUT2D eigenvalue weighted by Gasteiger charge is -2.07. The van der Waals surface area contributed by atoms with E-state index in [1.54, 1.807) is 18.2 Å². The highest BCUT2D eigenvalue weighted by molar-refractivity contribution is 7.91. The van der Waals surface area contributed by atoms with Crippen LogP contribution in [-0.2, 0) is 16.6 Å². The van der Waals surface area contributed by atoms with Crippen molar-refractivity contribution in [1.29, 1.82) is 0 Å². The first-order chi connectivity index (χ1) is 11.0. The molecule has 0 atom stereocenters. The molecule has 2 aromatic heterocycles. The minimum atomic E-state index is -3.55. The molecule has 0 bridgehead atoms. The number of aromatic nitrogens is 1. The number of hydrogen-bond acceptors (Lipinski definition) is 5. The summed E-state index contributed by atoms with van der Waals surface area (Å²) in [5, 5.41) is 3.82. The van der Waals surface area contributed by atoms with Crippen LogP contribution in [0.25, 0.3) is 10.6 Å². The first-order valence-electron chi connectivity index (χ1n) is 7.03. The van der Waals surface area contributed by atoms with Crippen LogP contribution in [0.1, 0.15) is 16.8 Å². The van der Waals surface area contributed by atoms with Crippen LogP contribution in [-0.4, -0.2) is 13.6 Å². The summed E-state index contributed by atoms with van der Waals surface area (Å²) in [6, 6.07) is 12.8. The molecule has 0 aliphatic heterocycles. The lowest BCUT2D eigenvalue weighted by molar-refractivity contribution is 0.428. The predicted molar refractivity (Wildman–Crippen MR) is 89.8 cm³/mol. The molecule has 0 fully saturated rings. The van der Waals surface area contributed by atoms with Crippen molar-refractivity contribution in [3.63, 3.8) is 0 Å². The highest BCUT2D eigenvalue weighted by Crippen LogP contribution is 2.31. The van der Waals surface area contributed by atoms with Crippen LogP contribution in [0.2, 0.25) is 0 Å². The summed E-state index contributed by atoms with van der Waals surface area (Å²) in [6.07, 6.45) is 0. The van der Waals surface area contributed by atoms with Crippen LogP contribution >= 0.6 is 11.3 Å². The lowest BCUT2D eigenvalue weighted by Crippen LogP contribution is -2.22. The van der Waals surface area contributed by atoms with Gasteiger partial charge in [0, 0.05) is 12.6 Å².